The van der Waals surface area contributed by atoms with E-state index < -0.39 is 0 Å². The van der Waals surface area contributed by atoms with Gasteiger partial charge in [0.15, 0.2) is 0 Å². The maximum Gasteiger partial charge on any atom is 0.00793 e. The Labute approximate surface area is 77.1 Å². The Bertz CT molecular complexity index is 79.9. The number of rotatable bonds is 8. The van der Waals surface area contributed by atoms with Crippen LogP contribution in [0, 0.1) is 0 Å². The van der Waals surface area contributed by atoms with E-state index in [-0.39, 0.29) is 0 Å². The van der Waals surface area contributed by atoms with E-state index >= 15 is 0 Å². The second kappa shape index (κ2) is 9.01. The smallest absolute Gasteiger partial charge is 0.00793 e. The molecule has 0 atom stereocenters. The molecule has 0 aliphatic rings. The van der Waals surface area contributed by atoms with Crippen LogP contribution in [0.2, 0.25) is 0 Å². The van der Waals surface area contributed by atoms with Gasteiger partial charge in [0.25, 0.3) is 0 Å². The first kappa shape index (κ1) is 11.9. The van der Waals surface area contributed by atoms with E-state index in [0.29, 0.717) is 6.04 Å². The minimum absolute atomic E-state index is 0.716. The fourth-order valence-corrected chi connectivity index (χ4v) is 1.24. The normalized spacial score (nSPS) is 11.0. The largest absolute Gasteiger partial charge is 0.315 e. The zero-order valence-corrected chi connectivity index (χ0v) is 8.82. The molecule has 2 N–H and O–H groups in total. The molecular formula is C10H24N2. The Hall–Kier alpha value is -0.0800. The van der Waals surface area contributed by atoms with Gasteiger partial charge in [-0.15, -0.1) is 0 Å². The van der Waals surface area contributed by atoms with Gasteiger partial charge in [0, 0.05) is 19.1 Å². The van der Waals surface area contributed by atoms with Crippen molar-refractivity contribution in [3.8, 4) is 0 Å². The van der Waals surface area contributed by atoms with Crippen LogP contribution < -0.4 is 10.6 Å². The van der Waals surface area contributed by atoms with Gasteiger partial charge >= 0.3 is 0 Å². The van der Waals surface area contributed by atoms with Gasteiger partial charge < -0.3 is 10.6 Å². The lowest BCUT2D eigenvalue weighted by Gasteiger charge is -2.14. The molecule has 74 valence electrons. The molecule has 0 heterocycles. The fraction of sp³-hybridized carbons (Fsp3) is 1.00. The Morgan fingerprint density at radius 2 is 1.58 bits per heavy atom. The first-order valence-electron chi connectivity index (χ1n) is 5.29. The summed E-state index contributed by atoms with van der Waals surface area (Å²) in [5, 5.41) is 6.89. The summed E-state index contributed by atoms with van der Waals surface area (Å²) >= 11 is 0. The quantitative estimate of drug-likeness (QED) is 0.545. The predicted octanol–water partition coefficient (Wildman–Crippen LogP) is 1.76. The van der Waals surface area contributed by atoms with Crippen molar-refractivity contribution in [1.29, 1.82) is 0 Å². The molecule has 0 saturated heterocycles. The zero-order valence-electron chi connectivity index (χ0n) is 8.82. The van der Waals surface area contributed by atoms with Crippen molar-refractivity contribution in [1.82, 2.24) is 10.6 Å². The number of hydrogen-bond acceptors (Lipinski definition) is 2. The molecule has 2 nitrogen and oxygen atoms in total. The van der Waals surface area contributed by atoms with Crippen LogP contribution in [0.25, 0.3) is 0 Å². The van der Waals surface area contributed by atoms with E-state index in [1.807, 2.05) is 0 Å². The third-order valence-corrected chi connectivity index (χ3v) is 2.15. The van der Waals surface area contributed by atoms with Gasteiger partial charge in [-0.1, -0.05) is 20.8 Å². The molecule has 0 unspecified atom stereocenters. The molecule has 12 heavy (non-hydrogen) atoms. The van der Waals surface area contributed by atoms with Gasteiger partial charge in [-0.25, -0.2) is 0 Å². The van der Waals surface area contributed by atoms with Crippen molar-refractivity contribution in [2.75, 3.05) is 19.6 Å². The molecule has 0 aromatic heterocycles. The van der Waals surface area contributed by atoms with Gasteiger partial charge in [0.1, 0.15) is 0 Å². The van der Waals surface area contributed by atoms with Crippen molar-refractivity contribution in [3.63, 3.8) is 0 Å². The molecule has 0 bridgehead atoms. The van der Waals surface area contributed by atoms with Gasteiger partial charge in [-0.2, -0.15) is 0 Å². The summed E-state index contributed by atoms with van der Waals surface area (Å²) < 4.78 is 0. The van der Waals surface area contributed by atoms with E-state index in [4.69, 9.17) is 0 Å². The average Bonchev–Trinajstić information content (AvgIpc) is 2.11. The Morgan fingerprint density at radius 1 is 0.917 bits per heavy atom. The number of nitrogens with one attached hydrogen (secondary N) is 2. The third kappa shape index (κ3) is 6.62. The zero-order chi connectivity index (χ0) is 9.23. The van der Waals surface area contributed by atoms with Crippen LogP contribution in [0.1, 0.15) is 40.0 Å². The minimum Gasteiger partial charge on any atom is -0.315 e. The average molecular weight is 172 g/mol. The highest BCUT2D eigenvalue weighted by Crippen LogP contribution is 1.94. The van der Waals surface area contributed by atoms with Crippen LogP contribution >= 0.6 is 0 Å². The van der Waals surface area contributed by atoms with Crippen LogP contribution in [0.3, 0.4) is 0 Å². The van der Waals surface area contributed by atoms with Crippen LogP contribution in [0.5, 0.6) is 0 Å². The van der Waals surface area contributed by atoms with Gasteiger partial charge in [-0.05, 0) is 25.8 Å². The molecule has 0 aliphatic carbocycles. The molecule has 0 rings (SSSR count). The Morgan fingerprint density at radius 3 is 2.08 bits per heavy atom. The Balaban J connectivity index is 3.06. The fourth-order valence-electron chi connectivity index (χ4n) is 1.24. The molecule has 0 saturated carbocycles. The summed E-state index contributed by atoms with van der Waals surface area (Å²) in [7, 11) is 0. The van der Waals surface area contributed by atoms with E-state index in [2.05, 4.69) is 31.4 Å². The highest BCUT2D eigenvalue weighted by molar-refractivity contribution is 4.62. The summed E-state index contributed by atoms with van der Waals surface area (Å²) in [6, 6.07) is 0.716. The topological polar surface area (TPSA) is 24.1 Å². The molecule has 0 aliphatic heterocycles. The SMILES string of the molecule is CCCNCCNC(CC)CC. The van der Waals surface area contributed by atoms with Crippen molar-refractivity contribution in [3.05, 3.63) is 0 Å². The molecule has 0 aromatic carbocycles. The first-order valence-corrected chi connectivity index (χ1v) is 5.29. The second-order valence-electron chi connectivity index (χ2n) is 3.22. The minimum atomic E-state index is 0.716. The highest BCUT2D eigenvalue weighted by Gasteiger charge is 1.99. The standard InChI is InChI=1S/C10H24N2/c1-4-7-11-8-9-12-10(5-2)6-3/h10-12H,4-9H2,1-3H3. The second-order valence-corrected chi connectivity index (χ2v) is 3.22. The van der Waals surface area contributed by atoms with Crippen LogP contribution in [-0.2, 0) is 0 Å². The van der Waals surface area contributed by atoms with Gasteiger partial charge in [0.2, 0.25) is 0 Å². The van der Waals surface area contributed by atoms with Crippen molar-refractivity contribution in [2.24, 2.45) is 0 Å². The lowest BCUT2D eigenvalue weighted by molar-refractivity contribution is 0.476. The van der Waals surface area contributed by atoms with Crippen LogP contribution in [0.15, 0.2) is 0 Å². The lowest BCUT2D eigenvalue weighted by atomic mass is 10.2. The van der Waals surface area contributed by atoms with Crippen molar-refractivity contribution in [2.45, 2.75) is 46.1 Å². The van der Waals surface area contributed by atoms with Crippen LogP contribution in [-0.4, -0.2) is 25.7 Å². The summed E-state index contributed by atoms with van der Waals surface area (Å²) in [4.78, 5) is 0. The van der Waals surface area contributed by atoms with Crippen molar-refractivity contribution < 1.29 is 0 Å². The first-order chi connectivity index (χ1) is 5.85. The molecule has 2 heteroatoms. The van der Waals surface area contributed by atoms with E-state index in [0.717, 1.165) is 19.6 Å². The van der Waals surface area contributed by atoms with E-state index in [1.54, 1.807) is 0 Å². The third-order valence-electron chi connectivity index (χ3n) is 2.15. The van der Waals surface area contributed by atoms with Gasteiger partial charge in [0.05, 0.1) is 0 Å². The maximum atomic E-state index is 3.52. The number of hydrogen-bond donors (Lipinski definition) is 2. The molecule has 0 amide bonds. The summed E-state index contributed by atoms with van der Waals surface area (Å²) in [5.74, 6) is 0. The van der Waals surface area contributed by atoms with E-state index in [1.165, 1.54) is 19.3 Å². The van der Waals surface area contributed by atoms with Gasteiger partial charge in [-0.3, -0.25) is 0 Å². The van der Waals surface area contributed by atoms with Crippen LogP contribution in [0.4, 0.5) is 0 Å². The summed E-state index contributed by atoms with van der Waals surface area (Å²) in [5.41, 5.74) is 0. The molecule has 0 aromatic rings. The monoisotopic (exact) mass is 172 g/mol. The molecule has 0 fully saturated rings. The Kier molecular flexibility index (Phi) is 8.95. The maximum absolute atomic E-state index is 3.52. The highest BCUT2D eigenvalue weighted by atomic mass is 15.0. The van der Waals surface area contributed by atoms with Crippen molar-refractivity contribution >= 4 is 0 Å². The lowest BCUT2D eigenvalue weighted by Crippen LogP contribution is -2.34. The van der Waals surface area contributed by atoms with E-state index in [9.17, 15) is 0 Å². The predicted molar refractivity (Wildman–Crippen MR) is 55.5 cm³/mol. The molecule has 0 radical (unpaired) electrons. The summed E-state index contributed by atoms with van der Waals surface area (Å²) in [6.07, 6.45) is 3.71. The summed E-state index contributed by atoms with van der Waals surface area (Å²) in [6.45, 7) is 10.0. The molecular weight excluding hydrogens is 148 g/mol. The molecule has 0 spiro atoms.